The number of hydrogen-bond acceptors (Lipinski definition) is 4. The molecule has 2 aromatic rings. The summed E-state index contributed by atoms with van der Waals surface area (Å²) >= 11 is 0. The van der Waals surface area contributed by atoms with Gasteiger partial charge in [-0.25, -0.2) is 13.2 Å². The van der Waals surface area contributed by atoms with Crippen LogP contribution in [0.15, 0.2) is 53.4 Å². The molecule has 116 valence electrons. The van der Waals surface area contributed by atoms with Gasteiger partial charge in [0, 0.05) is 5.69 Å². The highest BCUT2D eigenvalue weighted by atomic mass is 32.2. The SMILES string of the molecule is CCOC(=O)c1cccc(NS(=O)(=O)c2ccc(C)cc2)c1. The van der Waals surface area contributed by atoms with Gasteiger partial charge in [0.1, 0.15) is 0 Å². The lowest BCUT2D eigenvalue weighted by Crippen LogP contribution is -2.13. The zero-order chi connectivity index (χ0) is 16.2. The Morgan fingerprint density at radius 3 is 2.45 bits per heavy atom. The number of benzene rings is 2. The molecule has 0 aromatic heterocycles. The number of anilines is 1. The maximum Gasteiger partial charge on any atom is 0.338 e. The molecule has 2 rings (SSSR count). The molecular weight excluding hydrogens is 302 g/mol. The van der Waals surface area contributed by atoms with Crippen LogP contribution in [0, 0.1) is 6.92 Å². The Balaban J connectivity index is 2.24. The van der Waals surface area contributed by atoms with E-state index in [1.165, 1.54) is 18.2 Å². The second kappa shape index (κ2) is 6.62. The van der Waals surface area contributed by atoms with Gasteiger partial charge in [-0.1, -0.05) is 23.8 Å². The summed E-state index contributed by atoms with van der Waals surface area (Å²) in [5.74, 6) is -0.487. The number of sulfonamides is 1. The molecule has 0 atom stereocenters. The topological polar surface area (TPSA) is 72.5 Å². The molecule has 0 radical (unpaired) electrons. The summed E-state index contributed by atoms with van der Waals surface area (Å²) in [6.45, 7) is 3.85. The molecule has 0 aliphatic carbocycles. The molecule has 0 bridgehead atoms. The highest BCUT2D eigenvalue weighted by Crippen LogP contribution is 2.18. The van der Waals surface area contributed by atoms with Gasteiger partial charge in [-0.3, -0.25) is 4.72 Å². The van der Waals surface area contributed by atoms with E-state index in [2.05, 4.69) is 4.72 Å². The maximum absolute atomic E-state index is 12.3. The van der Waals surface area contributed by atoms with Crippen LogP contribution in [-0.4, -0.2) is 21.0 Å². The van der Waals surface area contributed by atoms with E-state index in [0.29, 0.717) is 11.3 Å². The first-order valence-electron chi connectivity index (χ1n) is 6.79. The number of rotatable bonds is 5. The Morgan fingerprint density at radius 2 is 1.82 bits per heavy atom. The number of aryl methyl sites for hydroxylation is 1. The molecule has 0 aliphatic heterocycles. The van der Waals surface area contributed by atoms with E-state index in [1.54, 1.807) is 37.3 Å². The zero-order valence-corrected chi connectivity index (χ0v) is 13.2. The van der Waals surface area contributed by atoms with Gasteiger partial charge in [0.15, 0.2) is 0 Å². The Kier molecular flexibility index (Phi) is 4.82. The van der Waals surface area contributed by atoms with Gasteiger partial charge in [0.05, 0.1) is 17.1 Å². The Hall–Kier alpha value is -2.34. The summed E-state index contributed by atoms with van der Waals surface area (Å²) in [4.78, 5) is 11.8. The van der Waals surface area contributed by atoms with Crippen molar-refractivity contribution in [3.63, 3.8) is 0 Å². The first-order valence-corrected chi connectivity index (χ1v) is 8.27. The third-order valence-electron chi connectivity index (χ3n) is 2.96. The van der Waals surface area contributed by atoms with Gasteiger partial charge < -0.3 is 4.74 Å². The largest absolute Gasteiger partial charge is 0.462 e. The molecule has 6 heteroatoms. The lowest BCUT2D eigenvalue weighted by Gasteiger charge is -2.09. The minimum Gasteiger partial charge on any atom is -0.462 e. The van der Waals surface area contributed by atoms with Gasteiger partial charge in [-0.2, -0.15) is 0 Å². The van der Waals surface area contributed by atoms with Crippen LogP contribution in [0.2, 0.25) is 0 Å². The van der Waals surface area contributed by atoms with Crippen molar-refractivity contribution in [3.8, 4) is 0 Å². The van der Waals surface area contributed by atoms with Crippen molar-refractivity contribution < 1.29 is 17.9 Å². The standard InChI is InChI=1S/C16H17NO4S/c1-3-21-16(18)13-5-4-6-14(11-13)17-22(19,20)15-9-7-12(2)8-10-15/h4-11,17H,3H2,1-2H3. The predicted molar refractivity (Wildman–Crippen MR) is 84.4 cm³/mol. The molecule has 0 saturated heterocycles. The molecule has 0 amide bonds. The molecule has 22 heavy (non-hydrogen) atoms. The Bertz CT molecular complexity index is 767. The minimum atomic E-state index is -3.69. The van der Waals surface area contributed by atoms with Gasteiger partial charge >= 0.3 is 5.97 Å². The van der Waals surface area contributed by atoms with E-state index in [1.807, 2.05) is 6.92 Å². The molecule has 0 heterocycles. The minimum absolute atomic E-state index is 0.166. The van der Waals surface area contributed by atoms with Crippen LogP contribution < -0.4 is 4.72 Å². The summed E-state index contributed by atoms with van der Waals surface area (Å²) in [6, 6.07) is 12.7. The second-order valence-electron chi connectivity index (χ2n) is 4.72. The van der Waals surface area contributed by atoms with Crippen molar-refractivity contribution in [2.45, 2.75) is 18.7 Å². The van der Waals surface area contributed by atoms with Crippen LogP contribution in [0.1, 0.15) is 22.8 Å². The fourth-order valence-electron chi connectivity index (χ4n) is 1.86. The molecule has 0 fully saturated rings. The quantitative estimate of drug-likeness (QED) is 0.860. The highest BCUT2D eigenvalue weighted by Gasteiger charge is 2.15. The number of hydrogen-bond donors (Lipinski definition) is 1. The normalized spacial score (nSPS) is 11.0. The summed E-state index contributed by atoms with van der Waals surface area (Å²) < 4.78 is 31.9. The highest BCUT2D eigenvalue weighted by molar-refractivity contribution is 7.92. The molecule has 0 saturated carbocycles. The number of nitrogens with one attached hydrogen (secondary N) is 1. The van der Waals surface area contributed by atoms with Gasteiger partial charge in [0.25, 0.3) is 10.0 Å². The fourth-order valence-corrected chi connectivity index (χ4v) is 2.91. The van der Waals surface area contributed by atoms with Crippen molar-refractivity contribution >= 4 is 21.7 Å². The van der Waals surface area contributed by atoms with Crippen molar-refractivity contribution in [3.05, 3.63) is 59.7 Å². The zero-order valence-electron chi connectivity index (χ0n) is 12.4. The van der Waals surface area contributed by atoms with Crippen LogP contribution in [-0.2, 0) is 14.8 Å². The van der Waals surface area contributed by atoms with Crippen LogP contribution in [0.5, 0.6) is 0 Å². The van der Waals surface area contributed by atoms with Crippen molar-refractivity contribution in [1.82, 2.24) is 0 Å². The van der Waals surface area contributed by atoms with Crippen molar-refractivity contribution in [2.24, 2.45) is 0 Å². The number of carbonyl (C=O) groups is 1. The second-order valence-corrected chi connectivity index (χ2v) is 6.40. The van der Waals surface area contributed by atoms with E-state index in [-0.39, 0.29) is 11.5 Å². The van der Waals surface area contributed by atoms with Crippen LogP contribution >= 0.6 is 0 Å². The monoisotopic (exact) mass is 319 g/mol. The van der Waals surface area contributed by atoms with Crippen LogP contribution in [0.3, 0.4) is 0 Å². The number of carbonyl (C=O) groups excluding carboxylic acids is 1. The smallest absolute Gasteiger partial charge is 0.338 e. The lowest BCUT2D eigenvalue weighted by molar-refractivity contribution is 0.0526. The van der Waals surface area contributed by atoms with Crippen molar-refractivity contribution in [2.75, 3.05) is 11.3 Å². The van der Waals surface area contributed by atoms with Crippen LogP contribution in [0.25, 0.3) is 0 Å². The lowest BCUT2D eigenvalue weighted by atomic mass is 10.2. The fraction of sp³-hybridized carbons (Fsp3) is 0.188. The predicted octanol–water partition coefficient (Wildman–Crippen LogP) is 2.97. The molecule has 0 spiro atoms. The Morgan fingerprint density at radius 1 is 1.14 bits per heavy atom. The molecule has 5 nitrogen and oxygen atoms in total. The van der Waals surface area contributed by atoms with E-state index in [4.69, 9.17) is 4.74 Å². The third kappa shape index (κ3) is 3.85. The first kappa shape index (κ1) is 16.0. The van der Waals surface area contributed by atoms with E-state index in [9.17, 15) is 13.2 Å². The molecule has 1 N–H and O–H groups in total. The third-order valence-corrected chi connectivity index (χ3v) is 4.35. The summed E-state index contributed by atoms with van der Waals surface area (Å²) in [5, 5.41) is 0. The van der Waals surface area contributed by atoms with Gasteiger partial charge in [-0.15, -0.1) is 0 Å². The number of ether oxygens (including phenoxy) is 1. The molecule has 0 aliphatic rings. The molecular formula is C16H17NO4S. The van der Waals surface area contributed by atoms with Crippen molar-refractivity contribution in [1.29, 1.82) is 0 Å². The average molecular weight is 319 g/mol. The summed E-state index contributed by atoms with van der Waals surface area (Å²) in [5.41, 5.74) is 1.58. The van der Waals surface area contributed by atoms with E-state index in [0.717, 1.165) is 5.56 Å². The first-order chi connectivity index (χ1) is 10.4. The van der Waals surface area contributed by atoms with Gasteiger partial charge in [-0.05, 0) is 44.2 Å². The summed E-state index contributed by atoms with van der Waals surface area (Å²) in [6.07, 6.45) is 0. The van der Waals surface area contributed by atoms with E-state index < -0.39 is 16.0 Å². The van der Waals surface area contributed by atoms with Gasteiger partial charge in [0.2, 0.25) is 0 Å². The molecule has 0 unspecified atom stereocenters. The van der Waals surface area contributed by atoms with E-state index >= 15 is 0 Å². The summed E-state index contributed by atoms with van der Waals surface area (Å²) in [7, 11) is -3.69. The Labute approximate surface area is 130 Å². The maximum atomic E-state index is 12.3. The average Bonchev–Trinajstić information content (AvgIpc) is 2.48. The molecule has 2 aromatic carbocycles. The van der Waals surface area contributed by atoms with Crippen LogP contribution in [0.4, 0.5) is 5.69 Å². The number of esters is 1.